The molecule has 32 heavy (non-hydrogen) atoms. The molecule has 182 valence electrons. The largest absolute Gasteiger partial charge is 0.480 e. The van der Waals surface area contributed by atoms with Gasteiger partial charge in [-0.15, -0.1) is 0 Å². The topological polar surface area (TPSA) is 108 Å². The Morgan fingerprint density at radius 3 is 2.00 bits per heavy atom. The average molecular weight is 453 g/mol. The molecular weight excluding hydrogens is 412 g/mol. The molecule has 1 rings (SSSR count). The zero-order chi connectivity index (χ0) is 24.7. The fraction of sp³-hybridized carbons (Fsp3) is 0.667. The summed E-state index contributed by atoms with van der Waals surface area (Å²) < 4.78 is 11.2. The molecule has 0 bridgehead atoms. The Morgan fingerprint density at radius 2 is 1.59 bits per heavy atom. The molecule has 0 heterocycles. The first-order chi connectivity index (χ1) is 14.7. The van der Waals surface area contributed by atoms with Crippen molar-refractivity contribution >= 4 is 12.0 Å². The molecule has 0 aromatic heterocycles. The van der Waals surface area contributed by atoms with Gasteiger partial charge in [0.25, 0.3) is 0 Å². The number of aliphatic hydroxyl groups excluding tert-OH is 1. The van der Waals surface area contributed by atoms with E-state index in [1.807, 2.05) is 0 Å². The lowest BCUT2D eigenvalue weighted by Crippen LogP contribution is -2.48. The zero-order valence-electron chi connectivity index (χ0n) is 20.7. The van der Waals surface area contributed by atoms with Gasteiger partial charge in [-0.05, 0) is 29.7 Å². The van der Waals surface area contributed by atoms with Crippen LogP contribution in [0, 0.1) is 0 Å². The number of ether oxygens (including phenoxy) is 2. The molecular formula is C24H40N2O6. The third-order valence-electron chi connectivity index (χ3n) is 5.12. The number of urea groups is 1. The van der Waals surface area contributed by atoms with Crippen LogP contribution in [0.2, 0.25) is 0 Å². The van der Waals surface area contributed by atoms with E-state index in [2.05, 4.69) is 59.0 Å². The van der Waals surface area contributed by atoms with Crippen LogP contribution in [0.3, 0.4) is 0 Å². The standard InChI is InChI=1S/C24H40N2O6/c1-16(21(28)29)25-22(30)26(11-12-27)10-9-17-13-18(23(2,3)4)20(32-15-31-8)19(14-17)24(5,6)7/h13-14,16,27H,9-12,15H2,1-8H3,(H,25,30)(H,28,29)/t16-/m0/s1. The molecule has 0 fully saturated rings. The minimum Gasteiger partial charge on any atom is -0.480 e. The highest BCUT2D eigenvalue weighted by Gasteiger charge is 2.28. The van der Waals surface area contributed by atoms with Crippen molar-refractivity contribution in [2.24, 2.45) is 0 Å². The number of rotatable bonds is 10. The predicted molar refractivity (Wildman–Crippen MR) is 124 cm³/mol. The number of carbonyl (C=O) groups excluding carboxylic acids is 1. The number of nitrogens with one attached hydrogen (secondary N) is 1. The van der Waals surface area contributed by atoms with Gasteiger partial charge in [0.05, 0.1) is 6.61 Å². The number of aliphatic carboxylic acids is 1. The summed E-state index contributed by atoms with van der Waals surface area (Å²) in [4.78, 5) is 25.0. The minimum atomic E-state index is -1.11. The van der Waals surface area contributed by atoms with Gasteiger partial charge in [0.2, 0.25) is 0 Å². The van der Waals surface area contributed by atoms with Crippen molar-refractivity contribution in [1.29, 1.82) is 0 Å². The van der Waals surface area contributed by atoms with Crippen molar-refractivity contribution in [3.05, 3.63) is 28.8 Å². The van der Waals surface area contributed by atoms with Crippen LogP contribution in [-0.4, -0.2) is 66.8 Å². The van der Waals surface area contributed by atoms with Crippen LogP contribution in [0.1, 0.15) is 65.2 Å². The van der Waals surface area contributed by atoms with Crippen LogP contribution in [0.4, 0.5) is 4.79 Å². The zero-order valence-corrected chi connectivity index (χ0v) is 20.7. The summed E-state index contributed by atoms with van der Waals surface area (Å²) >= 11 is 0. The summed E-state index contributed by atoms with van der Waals surface area (Å²) in [5, 5.41) is 20.9. The molecule has 0 radical (unpaired) electrons. The highest BCUT2D eigenvalue weighted by molar-refractivity contribution is 5.82. The molecule has 0 unspecified atom stereocenters. The Kier molecular flexibility index (Phi) is 9.97. The summed E-state index contributed by atoms with van der Waals surface area (Å²) in [6.07, 6.45) is 0.547. The molecule has 0 aliphatic rings. The number of methoxy groups -OCH3 is 1. The quantitative estimate of drug-likeness (QED) is 0.470. The smallest absolute Gasteiger partial charge is 0.325 e. The number of hydrogen-bond acceptors (Lipinski definition) is 5. The average Bonchev–Trinajstić information content (AvgIpc) is 2.67. The van der Waals surface area contributed by atoms with Gasteiger partial charge in [0.1, 0.15) is 11.8 Å². The third kappa shape index (κ3) is 7.98. The van der Waals surface area contributed by atoms with Crippen LogP contribution < -0.4 is 10.1 Å². The Labute approximate surface area is 191 Å². The Hall–Kier alpha value is -2.32. The Balaban J connectivity index is 3.28. The van der Waals surface area contributed by atoms with Crippen molar-refractivity contribution in [3.63, 3.8) is 0 Å². The number of nitrogens with zero attached hydrogens (tertiary/aromatic N) is 1. The van der Waals surface area contributed by atoms with Crippen molar-refractivity contribution < 1.29 is 29.3 Å². The Bertz CT molecular complexity index is 745. The molecule has 8 heteroatoms. The van der Waals surface area contributed by atoms with Crippen molar-refractivity contribution in [3.8, 4) is 5.75 Å². The molecule has 8 nitrogen and oxygen atoms in total. The molecule has 1 aromatic rings. The maximum Gasteiger partial charge on any atom is 0.325 e. The van der Waals surface area contributed by atoms with E-state index in [0.29, 0.717) is 13.0 Å². The number of carbonyl (C=O) groups is 2. The van der Waals surface area contributed by atoms with Crippen LogP contribution in [0.15, 0.2) is 12.1 Å². The fourth-order valence-corrected chi connectivity index (χ4v) is 3.26. The van der Waals surface area contributed by atoms with E-state index in [-0.39, 0.29) is 30.8 Å². The lowest BCUT2D eigenvalue weighted by Gasteiger charge is -2.31. The van der Waals surface area contributed by atoms with Gasteiger partial charge < -0.3 is 29.9 Å². The molecule has 1 aromatic carbocycles. The lowest BCUT2D eigenvalue weighted by atomic mass is 9.78. The molecule has 0 saturated heterocycles. The first kappa shape index (κ1) is 27.7. The number of amides is 2. The minimum absolute atomic E-state index is 0.117. The third-order valence-corrected chi connectivity index (χ3v) is 5.12. The maximum atomic E-state index is 12.5. The number of hydrogen-bond donors (Lipinski definition) is 3. The van der Waals surface area contributed by atoms with E-state index >= 15 is 0 Å². The summed E-state index contributed by atoms with van der Waals surface area (Å²) in [6.45, 7) is 14.5. The second kappa shape index (κ2) is 11.5. The fourth-order valence-electron chi connectivity index (χ4n) is 3.26. The van der Waals surface area contributed by atoms with Gasteiger partial charge in [-0.25, -0.2) is 4.79 Å². The molecule has 2 amide bonds. The van der Waals surface area contributed by atoms with Crippen LogP contribution in [0.25, 0.3) is 0 Å². The first-order valence-corrected chi connectivity index (χ1v) is 10.9. The van der Waals surface area contributed by atoms with Gasteiger partial charge in [0, 0.05) is 31.3 Å². The summed E-state index contributed by atoms with van der Waals surface area (Å²) in [6, 6.07) is 2.66. The molecule has 0 spiro atoms. The van der Waals surface area contributed by atoms with Gasteiger partial charge >= 0.3 is 12.0 Å². The van der Waals surface area contributed by atoms with E-state index in [9.17, 15) is 14.7 Å². The van der Waals surface area contributed by atoms with E-state index in [0.717, 1.165) is 22.4 Å². The first-order valence-electron chi connectivity index (χ1n) is 10.9. The van der Waals surface area contributed by atoms with Crippen LogP contribution in [0.5, 0.6) is 5.75 Å². The van der Waals surface area contributed by atoms with Crippen LogP contribution in [-0.2, 0) is 26.8 Å². The maximum absolute atomic E-state index is 12.5. The van der Waals surface area contributed by atoms with Crippen molar-refractivity contribution in [2.75, 3.05) is 33.6 Å². The van der Waals surface area contributed by atoms with Crippen molar-refractivity contribution in [2.45, 2.75) is 71.8 Å². The predicted octanol–water partition coefficient (Wildman–Crippen LogP) is 3.28. The Morgan fingerprint density at radius 1 is 1.06 bits per heavy atom. The van der Waals surface area contributed by atoms with E-state index in [4.69, 9.17) is 14.6 Å². The number of aliphatic hydroxyl groups is 1. The number of carboxylic acid groups (broad SMARTS) is 1. The van der Waals surface area contributed by atoms with Gasteiger partial charge in [-0.1, -0.05) is 53.7 Å². The van der Waals surface area contributed by atoms with E-state index in [1.54, 1.807) is 7.11 Å². The number of benzene rings is 1. The van der Waals surface area contributed by atoms with Crippen LogP contribution >= 0.6 is 0 Å². The number of carboxylic acids is 1. The SMILES string of the molecule is COCOc1c(C(C)(C)C)cc(CCN(CCO)C(=O)N[C@@H](C)C(=O)O)cc1C(C)(C)C. The van der Waals surface area contributed by atoms with Gasteiger partial charge in [0.15, 0.2) is 6.79 Å². The van der Waals surface area contributed by atoms with Crippen molar-refractivity contribution in [1.82, 2.24) is 10.2 Å². The summed E-state index contributed by atoms with van der Waals surface area (Å²) in [5.41, 5.74) is 2.77. The van der Waals surface area contributed by atoms with Gasteiger partial charge in [-0.3, -0.25) is 4.79 Å². The highest BCUT2D eigenvalue weighted by atomic mass is 16.7. The molecule has 1 atom stereocenters. The van der Waals surface area contributed by atoms with E-state index in [1.165, 1.54) is 11.8 Å². The summed E-state index contributed by atoms with van der Waals surface area (Å²) in [5.74, 6) is -0.297. The molecule has 3 N–H and O–H groups in total. The highest BCUT2D eigenvalue weighted by Crippen LogP contribution is 2.40. The molecule has 0 aliphatic carbocycles. The second-order valence-corrected chi connectivity index (χ2v) is 10.0. The van der Waals surface area contributed by atoms with Gasteiger partial charge in [-0.2, -0.15) is 0 Å². The molecule has 0 aliphatic heterocycles. The normalized spacial score (nSPS) is 12.9. The second-order valence-electron chi connectivity index (χ2n) is 10.0. The van der Waals surface area contributed by atoms with E-state index < -0.39 is 18.0 Å². The lowest BCUT2D eigenvalue weighted by molar-refractivity contribution is -0.138. The molecule has 0 saturated carbocycles. The summed E-state index contributed by atoms with van der Waals surface area (Å²) in [7, 11) is 1.59. The monoisotopic (exact) mass is 452 g/mol.